The molecule has 1 heterocycles. The van der Waals surface area contributed by atoms with Crippen LogP contribution in [0.4, 0.5) is 5.69 Å². The predicted octanol–water partition coefficient (Wildman–Crippen LogP) is 4.90. The third kappa shape index (κ3) is 5.58. The highest BCUT2D eigenvalue weighted by Crippen LogP contribution is 2.26. The number of halogens is 2. The molecule has 134 valence electrons. The van der Waals surface area contributed by atoms with Crippen molar-refractivity contribution >= 4 is 55.2 Å². The minimum Gasteiger partial charge on any atom is -0.484 e. The summed E-state index contributed by atoms with van der Waals surface area (Å²) in [6.07, 6.45) is 0. The first-order chi connectivity index (χ1) is 12.6. The van der Waals surface area contributed by atoms with Crippen molar-refractivity contribution in [3.63, 3.8) is 0 Å². The van der Waals surface area contributed by atoms with Crippen LogP contribution in [-0.2, 0) is 11.4 Å². The number of thioether (sulfide) groups is 1. The van der Waals surface area contributed by atoms with Gasteiger partial charge in [0.05, 0.1) is 5.75 Å². The van der Waals surface area contributed by atoms with Crippen molar-refractivity contribution in [3.05, 3.63) is 63.4 Å². The number of nitrogens with zero attached hydrogens (tertiary/aromatic N) is 2. The molecule has 6 nitrogen and oxygen atoms in total. The van der Waals surface area contributed by atoms with E-state index in [1.54, 1.807) is 0 Å². The molecule has 0 saturated heterocycles. The first-order valence-corrected chi connectivity index (χ1v) is 10.1. The topological polar surface area (TPSA) is 77.2 Å². The summed E-state index contributed by atoms with van der Waals surface area (Å²) in [5, 5.41) is 10.9. The number of carbonyl (C=O) groups is 1. The molecule has 1 amide bonds. The van der Waals surface area contributed by atoms with E-state index in [-0.39, 0.29) is 18.3 Å². The van der Waals surface area contributed by atoms with E-state index >= 15 is 0 Å². The van der Waals surface area contributed by atoms with Crippen molar-refractivity contribution in [3.8, 4) is 5.75 Å². The van der Waals surface area contributed by atoms with Gasteiger partial charge >= 0.3 is 0 Å². The van der Waals surface area contributed by atoms with Crippen molar-refractivity contribution in [2.45, 2.75) is 11.8 Å². The van der Waals surface area contributed by atoms with Crippen LogP contribution in [0.25, 0.3) is 0 Å². The van der Waals surface area contributed by atoms with Gasteiger partial charge < -0.3 is 14.5 Å². The number of ether oxygens (including phenoxy) is 1. The summed E-state index contributed by atoms with van der Waals surface area (Å²) in [7, 11) is 0. The number of rotatable bonds is 7. The van der Waals surface area contributed by atoms with Gasteiger partial charge in [-0.1, -0.05) is 30.0 Å². The molecule has 3 rings (SSSR count). The molecule has 0 unspecified atom stereocenters. The molecule has 0 saturated carbocycles. The average Bonchev–Trinajstić information content (AvgIpc) is 3.10. The fourth-order valence-electron chi connectivity index (χ4n) is 1.91. The minimum atomic E-state index is -0.162. The molecule has 0 aliphatic rings. The van der Waals surface area contributed by atoms with E-state index in [1.165, 1.54) is 11.8 Å². The first kappa shape index (κ1) is 18.9. The van der Waals surface area contributed by atoms with Gasteiger partial charge in [0.15, 0.2) is 6.61 Å². The standard InChI is InChI=1S/C17H13Br2N3O3S/c18-13-7-6-11(8-14(13)19)20-15(23)10-26-17-22-21-16(25-17)9-24-12-4-2-1-3-5-12/h1-8H,9-10H2,(H,20,23). The Morgan fingerprint density at radius 3 is 2.69 bits per heavy atom. The zero-order chi connectivity index (χ0) is 18.4. The summed E-state index contributed by atoms with van der Waals surface area (Å²) in [5.41, 5.74) is 0.702. The third-order valence-electron chi connectivity index (χ3n) is 3.08. The second kappa shape index (κ2) is 9.20. The fraction of sp³-hybridized carbons (Fsp3) is 0.118. The fourth-order valence-corrected chi connectivity index (χ4v) is 3.12. The zero-order valence-electron chi connectivity index (χ0n) is 13.3. The molecule has 1 aromatic heterocycles. The molecule has 0 spiro atoms. The Bertz CT molecular complexity index is 890. The molecule has 26 heavy (non-hydrogen) atoms. The van der Waals surface area contributed by atoms with Crippen LogP contribution >= 0.6 is 43.6 Å². The summed E-state index contributed by atoms with van der Waals surface area (Å²) in [6.45, 7) is 0.177. The highest BCUT2D eigenvalue weighted by atomic mass is 79.9. The minimum absolute atomic E-state index is 0.162. The summed E-state index contributed by atoms with van der Waals surface area (Å²) in [4.78, 5) is 12.0. The molecule has 0 radical (unpaired) electrons. The van der Waals surface area contributed by atoms with Crippen molar-refractivity contribution in [1.29, 1.82) is 0 Å². The normalized spacial score (nSPS) is 10.5. The van der Waals surface area contributed by atoms with Gasteiger partial charge in [-0.15, -0.1) is 10.2 Å². The van der Waals surface area contributed by atoms with Crippen LogP contribution in [0.2, 0.25) is 0 Å². The summed E-state index contributed by atoms with van der Waals surface area (Å²) in [6, 6.07) is 14.8. The van der Waals surface area contributed by atoms with E-state index in [1.807, 2.05) is 48.5 Å². The van der Waals surface area contributed by atoms with Crippen molar-refractivity contribution in [2.75, 3.05) is 11.1 Å². The number of benzene rings is 2. The Hall–Kier alpha value is -1.84. The van der Waals surface area contributed by atoms with E-state index in [9.17, 15) is 4.79 Å². The Morgan fingerprint density at radius 1 is 1.12 bits per heavy atom. The summed E-state index contributed by atoms with van der Waals surface area (Å²) >= 11 is 7.95. The van der Waals surface area contributed by atoms with E-state index < -0.39 is 0 Å². The van der Waals surface area contributed by atoms with Crippen LogP contribution in [-0.4, -0.2) is 21.9 Å². The smallest absolute Gasteiger partial charge is 0.277 e. The highest BCUT2D eigenvalue weighted by Gasteiger charge is 2.11. The number of carbonyl (C=O) groups excluding carboxylic acids is 1. The monoisotopic (exact) mass is 497 g/mol. The van der Waals surface area contributed by atoms with Gasteiger partial charge in [0.25, 0.3) is 11.1 Å². The lowest BCUT2D eigenvalue weighted by atomic mass is 10.3. The Balaban J connectivity index is 1.46. The van der Waals surface area contributed by atoms with E-state index in [0.717, 1.165) is 14.7 Å². The molecule has 3 aromatic rings. The van der Waals surface area contributed by atoms with Gasteiger partial charge in [0.1, 0.15) is 5.75 Å². The summed E-state index contributed by atoms with van der Waals surface area (Å²) < 4.78 is 12.8. The second-order valence-electron chi connectivity index (χ2n) is 5.03. The number of hydrogen-bond donors (Lipinski definition) is 1. The summed E-state index contributed by atoms with van der Waals surface area (Å²) in [5.74, 6) is 1.08. The molecule has 0 aliphatic heterocycles. The van der Waals surface area contributed by atoms with Crippen molar-refractivity contribution in [2.24, 2.45) is 0 Å². The molecular weight excluding hydrogens is 486 g/mol. The van der Waals surface area contributed by atoms with Gasteiger partial charge in [-0.05, 0) is 62.2 Å². The number of para-hydroxylation sites is 1. The lowest BCUT2D eigenvalue weighted by Gasteiger charge is -2.05. The maximum absolute atomic E-state index is 12.0. The number of anilines is 1. The zero-order valence-corrected chi connectivity index (χ0v) is 17.3. The lowest BCUT2D eigenvalue weighted by molar-refractivity contribution is -0.113. The molecule has 0 atom stereocenters. The largest absolute Gasteiger partial charge is 0.484 e. The highest BCUT2D eigenvalue weighted by molar-refractivity contribution is 9.13. The lowest BCUT2D eigenvalue weighted by Crippen LogP contribution is -2.13. The molecule has 0 aliphatic carbocycles. The average molecular weight is 499 g/mol. The van der Waals surface area contributed by atoms with Crippen molar-refractivity contribution in [1.82, 2.24) is 10.2 Å². The van der Waals surface area contributed by atoms with Crippen molar-refractivity contribution < 1.29 is 13.9 Å². The van der Waals surface area contributed by atoms with Crippen LogP contribution in [0.15, 0.2) is 67.1 Å². The maximum Gasteiger partial charge on any atom is 0.277 e. The van der Waals surface area contributed by atoms with Crippen LogP contribution in [0.5, 0.6) is 5.75 Å². The quantitative estimate of drug-likeness (QED) is 0.466. The SMILES string of the molecule is O=C(CSc1nnc(COc2ccccc2)o1)Nc1ccc(Br)c(Br)c1. The predicted molar refractivity (Wildman–Crippen MR) is 106 cm³/mol. The number of nitrogens with one attached hydrogen (secondary N) is 1. The van der Waals surface area contributed by atoms with Crippen LogP contribution in [0, 0.1) is 0 Å². The Morgan fingerprint density at radius 2 is 1.92 bits per heavy atom. The van der Waals surface area contributed by atoms with E-state index in [2.05, 4.69) is 47.4 Å². The third-order valence-corrected chi connectivity index (χ3v) is 5.78. The molecule has 1 N–H and O–H groups in total. The van der Waals surface area contributed by atoms with Gasteiger partial charge in [-0.25, -0.2) is 0 Å². The van der Waals surface area contributed by atoms with E-state index in [0.29, 0.717) is 16.8 Å². The number of amides is 1. The molecular formula is C17H13Br2N3O3S. The van der Waals surface area contributed by atoms with Gasteiger partial charge in [0, 0.05) is 14.6 Å². The Labute approximate surface area is 171 Å². The van der Waals surface area contributed by atoms with Crippen LogP contribution in [0.3, 0.4) is 0 Å². The van der Waals surface area contributed by atoms with Gasteiger partial charge in [0.2, 0.25) is 5.91 Å². The molecule has 9 heteroatoms. The molecule has 0 bridgehead atoms. The Kier molecular flexibility index (Phi) is 6.70. The van der Waals surface area contributed by atoms with Crippen LogP contribution in [0.1, 0.15) is 5.89 Å². The van der Waals surface area contributed by atoms with E-state index in [4.69, 9.17) is 9.15 Å². The number of aromatic nitrogens is 2. The first-order valence-electron chi connectivity index (χ1n) is 7.48. The number of hydrogen-bond acceptors (Lipinski definition) is 6. The molecule has 2 aromatic carbocycles. The molecule has 0 fully saturated rings. The van der Waals surface area contributed by atoms with Crippen LogP contribution < -0.4 is 10.1 Å². The maximum atomic E-state index is 12.0. The van der Waals surface area contributed by atoms with Gasteiger partial charge in [-0.2, -0.15) is 0 Å². The second-order valence-corrected chi connectivity index (χ2v) is 7.66. The van der Waals surface area contributed by atoms with Gasteiger partial charge in [-0.3, -0.25) is 4.79 Å².